The summed E-state index contributed by atoms with van der Waals surface area (Å²) in [5.41, 5.74) is 4.43. The first-order valence-electron chi connectivity index (χ1n) is 13.5. The van der Waals surface area contributed by atoms with Crippen molar-refractivity contribution in [3.63, 3.8) is 0 Å². The van der Waals surface area contributed by atoms with Crippen molar-refractivity contribution in [3.05, 3.63) is 46.8 Å². The van der Waals surface area contributed by atoms with Crippen molar-refractivity contribution in [1.29, 1.82) is 0 Å². The van der Waals surface area contributed by atoms with Gasteiger partial charge in [0.15, 0.2) is 0 Å². The van der Waals surface area contributed by atoms with Crippen LogP contribution in [0.15, 0.2) is 35.7 Å². The van der Waals surface area contributed by atoms with Crippen molar-refractivity contribution in [3.8, 4) is 10.4 Å². The van der Waals surface area contributed by atoms with Gasteiger partial charge in [0.2, 0.25) is 0 Å². The number of rotatable bonds is 19. The van der Waals surface area contributed by atoms with E-state index in [9.17, 15) is 0 Å². The second kappa shape index (κ2) is 17.5. The molecule has 0 amide bonds. The normalized spacial score (nSPS) is 11.3. The first-order valence-corrected chi connectivity index (χ1v) is 14.4. The van der Waals surface area contributed by atoms with E-state index < -0.39 is 0 Å². The molecule has 2 rings (SSSR count). The number of hydrogen-bond donors (Lipinski definition) is 0. The van der Waals surface area contributed by atoms with Crippen LogP contribution in [0.25, 0.3) is 10.4 Å². The molecule has 0 atom stereocenters. The summed E-state index contributed by atoms with van der Waals surface area (Å²) in [6.45, 7) is 4.58. The maximum Gasteiger partial charge on any atom is 0.0345 e. The fourth-order valence-corrected chi connectivity index (χ4v) is 5.38. The molecule has 0 spiro atoms. The van der Waals surface area contributed by atoms with Gasteiger partial charge in [-0.25, -0.2) is 0 Å². The molecule has 0 radical (unpaired) electrons. The lowest BCUT2D eigenvalue weighted by Gasteiger charge is -2.04. The lowest BCUT2D eigenvalue weighted by Crippen LogP contribution is -1.87. The van der Waals surface area contributed by atoms with E-state index in [1.165, 1.54) is 137 Å². The Kier molecular flexibility index (Phi) is 14.8. The van der Waals surface area contributed by atoms with E-state index >= 15 is 0 Å². The molecule has 1 aromatic carbocycles. The van der Waals surface area contributed by atoms with E-state index in [0.29, 0.717) is 0 Å². The van der Waals surface area contributed by atoms with Crippen LogP contribution < -0.4 is 0 Å². The summed E-state index contributed by atoms with van der Waals surface area (Å²) in [5.74, 6) is 0. The number of thiophene rings is 1. The van der Waals surface area contributed by atoms with Gasteiger partial charge in [-0.15, -0.1) is 11.3 Å². The van der Waals surface area contributed by atoms with Gasteiger partial charge >= 0.3 is 0 Å². The van der Waals surface area contributed by atoms with Gasteiger partial charge < -0.3 is 0 Å². The fourth-order valence-electron chi connectivity index (χ4n) is 4.42. The van der Waals surface area contributed by atoms with Gasteiger partial charge in [0, 0.05) is 4.88 Å². The molecule has 0 aliphatic carbocycles. The van der Waals surface area contributed by atoms with Crippen LogP contribution >= 0.6 is 11.3 Å². The Balaban J connectivity index is 1.57. The summed E-state index contributed by atoms with van der Waals surface area (Å²) in [5, 5.41) is 2.37. The second-order valence-corrected chi connectivity index (χ2v) is 10.4. The van der Waals surface area contributed by atoms with Crippen LogP contribution in [0.4, 0.5) is 0 Å². The Hall–Kier alpha value is -1.08. The third-order valence-corrected chi connectivity index (χ3v) is 7.56. The molecule has 31 heavy (non-hydrogen) atoms. The van der Waals surface area contributed by atoms with E-state index in [2.05, 4.69) is 49.6 Å². The molecule has 0 bridgehead atoms. The average molecular weight is 441 g/mol. The van der Waals surface area contributed by atoms with Gasteiger partial charge in [-0.1, -0.05) is 128 Å². The van der Waals surface area contributed by atoms with Crippen LogP contribution in [0.5, 0.6) is 0 Å². The Labute approximate surface area is 197 Å². The smallest absolute Gasteiger partial charge is 0.0345 e. The summed E-state index contributed by atoms with van der Waals surface area (Å²) < 4.78 is 0. The van der Waals surface area contributed by atoms with E-state index in [-0.39, 0.29) is 0 Å². The average Bonchev–Trinajstić information content (AvgIpc) is 3.27. The van der Waals surface area contributed by atoms with Crippen LogP contribution in [0.3, 0.4) is 0 Å². The molecule has 0 aliphatic heterocycles. The van der Waals surface area contributed by atoms with Gasteiger partial charge in [0.25, 0.3) is 0 Å². The monoisotopic (exact) mass is 440 g/mol. The predicted octanol–water partition coefficient (Wildman–Crippen LogP) is 10.8. The van der Waals surface area contributed by atoms with Crippen LogP contribution in [0.2, 0.25) is 0 Å². The lowest BCUT2D eigenvalue weighted by atomic mass is 10.0. The minimum Gasteiger partial charge on any atom is -0.144 e. The van der Waals surface area contributed by atoms with Crippen molar-refractivity contribution in [1.82, 2.24) is 0 Å². The molecule has 1 aromatic heterocycles. The molecule has 0 fully saturated rings. The number of benzene rings is 1. The van der Waals surface area contributed by atoms with Crippen LogP contribution in [-0.4, -0.2) is 0 Å². The second-order valence-electron chi connectivity index (χ2n) is 9.47. The zero-order chi connectivity index (χ0) is 22.0. The van der Waals surface area contributed by atoms with E-state index in [1.54, 1.807) is 0 Å². The highest BCUT2D eigenvalue weighted by Crippen LogP contribution is 2.28. The topological polar surface area (TPSA) is 0 Å². The van der Waals surface area contributed by atoms with Gasteiger partial charge in [0.1, 0.15) is 0 Å². The molecule has 0 aliphatic rings. The quantitative estimate of drug-likeness (QED) is 0.190. The zero-order valence-electron chi connectivity index (χ0n) is 20.6. The van der Waals surface area contributed by atoms with Gasteiger partial charge in [0.05, 0.1) is 0 Å². The van der Waals surface area contributed by atoms with Gasteiger partial charge in [-0.3, -0.25) is 0 Å². The van der Waals surface area contributed by atoms with E-state index in [1.807, 2.05) is 11.3 Å². The highest BCUT2D eigenvalue weighted by atomic mass is 32.1. The standard InChI is InChI=1S/C30H48S/c1-3-5-7-9-11-12-13-14-16-17-19-27-21-23-29(24-22-27)30-25-28(26-31-30)20-18-15-10-8-6-4-2/h21-26H,3-20H2,1-2H3. The Morgan fingerprint density at radius 2 is 0.968 bits per heavy atom. The molecule has 0 unspecified atom stereocenters. The van der Waals surface area contributed by atoms with Crippen molar-refractivity contribution < 1.29 is 0 Å². The maximum atomic E-state index is 2.42. The fraction of sp³-hybridized carbons (Fsp3) is 0.667. The molecule has 174 valence electrons. The lowest BCUT2D eigenvalue weighted by molar-refractivity contribution is 0.556. The minimum absolute atomic E-state index is 1.24. The predicted molar refractivity (Wildman–Crippen MR) is 142 cm³/mol. The summed E-state index contributed by atoms with van der Waals surface area (Å²) >= 11 is 1.92. The van der Waals surface area contributed by atoms with Crippen molar-refractivity contribution >= 4 is 11.3 Å². The molecule has 2 aromatic rings. The first-order chi connectivity index (χ1) is 15.3. The summed E-state index contributed by atoms with van der Waals surface area (Å²) in [6, 6.07) is 11.8. The van der Waals surface area contributed by atoms with Crippen LogP contribution in [0, 0.1) is 0 Å². The number of unbranched alkanes of at least 4 members (excludes halogenated alkanes) is 14. The molecule has 0 N–H and O–H groups in total. The largest absolute Gasteiger partial charge is 0.144 e. The van der Waals surface area contributed by atoms with Crippen molar-refractivity contribution in [2.45, 2.75) is 129 Å². The minimum atomic E-state index is 1.24. The maximum absolute atomic E-state index is 2.42. The Morgan fingerprint density at radius 1 is 0.516 bits per heavy atom. The summed E-state index contributed by atoms with van der Waals surface area (Å²) in [7, 11) is 0. The highest BCUT2D eigenvalue weighted by molar-refractivity contribution is 7.13. The van der Waals surface area contributed by atoms with Crippen molar-refractivity contribution in [2.24, 2.45) is 0 Å². The van der Waals surface area contributed by atoms with E-state index in [0.717, 1.165) is 0 Å². The Morgan fingerprint density at radius 3 is 1.48 bits per heavy atom. The first kappa shape index (κ1) is 26.2. The number of aryl methyl sites for hydroxylation is 2. The molecule has 0 saturated heterocycles. The summed E-state index contributed by atoms with van der Waals surface area (Å²) in [4.78, 5) is 1.44. The molecular formula is C30H48S. The van der Waals surface area contributed by atoms with Gasteiger partial charge in [-0.2, -0.15) is 0 Å². The van der Waals surface area contributed by atoms with E-state index in [4.69, 9.17) is 0 Å². The molecular weight excluding hydrogens is 392 g/mol. The molecule has 0 saturated carbocycles. The molecule has 1 heterocycles. The molecule has 0 nitrogen and oxygen atoms in total. The highest BCUT2D eigenvalue weighted by Gasteiger charge is 2.04. The Bertz CT molecular complexity index is 651. The van der Waals surface area contributed by atoms with Crippen LogP contribution in [-0.2, 0) is 12.8 Å². The van der Waals surface area contributed by atoms with Gasteiger partial charge in [-0.05, 0) is 53.8 Å². The third-order valence-electron chi connectivity index (χ3n) is 6.53. The SMILES string of the molecule is CCCCCCCCCCCCc1ccc(-c2cc(CCCCCCCC)cs2)cc1. The van der Waals surface area contributed by atoms with Crippen LogP contribution in [0.1, 0.15) is 128 Å². The molecule has 1 heteroatoms. The van der Waals surface area contributed by atoms with Crippen molar-refractivity contribution in [2.75, 3.05) is 0 Å². The summed E-state index contributed by atoms with van der Waals surface area (Å²) in [6.07, 6.45) is 24.9. The zero-order valence-corrected chi connectivity index (χ0v) is 21.4. The number of hydrogen-bond acceptors (Lipinski definition) is 1. The third kappa shape index (κ3) is 11.9.